The number of nitrogens with one attached hydrogen (secondary N) is 1. The normalized spacial score (nSPS) is 10.6. The quantitative estimate of drug-likeness (QED) is 0.337. The Morgan fingerprint density at radius 2 is 2.00 bits per heavy atom. The van der Waals surface area contributed by atoms with Crippen LogP contribution in [0.4, 0.5) is 5.69 Å². The van der Waals surface area contributed by atoms with E-state index in [2.05, 4.69) is 29.0 Å². The number of carbonyl (C=O) groups excluding carboxylic acids is 1. The fourth-order valence-electron chi connectivity index (χ4n) is 3.05. The molecule has 0 aliphatic rings. The van der Waals surface area contributed by atoms with Crippen molar-refractivity contribution in [3.63, 3.8) is 0 Å². The Kier molecular flexibility index (Phi) is 8.33. The van der Waals surface area contributed by atoms with E-state index in [1.807, 2.05) is 54.0 Å². The lowest BCUT2D eigenvalue weighted by Gasteiger charge is -2.11. The van der Waals surface area contributed by atoms with E-state index >= 15 is 0 Å². The van der Waals surface area contributed by atoms with Crippen LogP contribution in [0.2, 0.25) is 0 Å². The highest BCUT2D eigenvalue weighted by Crippen LogP contribution is 2.26. The van der Waals surface area contributed by atoms with Gasteiger partial charge in [0.05, 0.1) is 18.6 Å². The van der Waals surface area contributed by atoms with Gasteiger partial charge in [0.2, 0.25) is 5.91 Å². The Morgan fingerprint density at radius 3 is 2.69 bits per heavy atom. The number of ether oxygens (including phenoxy) is 2. The van der Waals surface area contributed by atoms with E-state index in [0.717, 1.165) is 17.7 Å². The van der Waals surface area contributed by atoms with Crippen molar-refractivity contribution < 1.29 is 14.3 Å². The number of carbonyl (C=O) groups is 1. The zero-order chi connectivity index (χ0) is 22.9. The van der Waals surface area contributed by atoms with Gasteiger partial charge in [0.1, 0.15) is 18.1 Å². The second-order valence-corrected chi connectivity index (χ2v) is 8.07. The number of allylic oxidation sites excluding steroid dienone is 1. The van der Waals surface area contributed by atoms with Crippen LogP contribution < -0.4 is 14.8 Å². The van der Waals surface area contributed by atoms with Crippen molar-refractivity contribution in [3.05, 3.63) is 72.1 Å². The lowest BCUT2D eigenvalue weighted by molar-refractivity contribution is -0.113. The number of hydrogen-bond acceptors (Lipinski definition) is 6. The molecule has 0 bridgehead atoms. The highest BCUT2D eigenvalue weighted by Gasteiger charge is 2.15. The second-order valence-electron chi connectivity index (χ2n) is 7.12. The number of thioether (sulfide) groups is 1. The fraction of sp³-hybridized carbons (Fsp3) is 0.292. The third-order valence-corrected chi connectivity index (χ3v) is 5.73. The molecule has 0 fully saturated rings. The smallest absolute Gasteiger partial charge is 0.234 e. The second kappa shape index (κ2) is 11.4. The van der Waals surface area contributed by atoms with Crippen LogP contribution >= 0.6 is 11.8 Å². The van der Waals surface area contributed by atoms with Crippen LogP contribution in [0, 0.1) is 6.92 Å². The number of benzene rings is 2. The molecule has 8 heteroatoms. The van der Waals surface area contributed by atoms with Gasteiger partial charge in [-0.05, 0) is 48.7 Å². The molecule has 1 aromatic heterocycles. The molecule has 0 saturated heterocycles. The van der Waals surface area contributed by atoms with Crippen LogP contribution in [-0.4, -0.2) is 33.5 Å². The largest absolute Gasteiger partial charge is 0.495 e. The number of aromatic nitrogens is 3. The van der Waals surface area contributed by atoms with Crippen LogP contribution in [0.25, 0.3) is 0 Å². The molecular weight excluding hydrogens is 424 g/mol. The summed E-state index contributed by atoms with van der Waals surface area (Å²) in [6, 6.07) is 13.6. The molecule has 0 spiro atoms. The number of aryl methyl sites for hydroxylation is 2. The summed E-state index contributed by atoms with van der Waals surface area (Å²) in [6.07, 6.45) is 2.75. The van der Waals surface area contributed by atoms with Crippen LogP contribution in [0.15, 0.2) is 60.3 Å². The maximum Gasteiger partial charge on any atom is 0.234 e. The summed E-state index contributed by atoms with van der Waals surface area (Å²) in [5.74, 6) is 2.10. The van der Waals surface area contributed by atoms with Gasteiger partial charge in [-0.25, -0.2) is 0 Å². The van der Waals surface area contributed by atoms with Crippen molar-refractivity contribution in [2.75, 3.05) is 18.2 Å². The molecule has 1 N–H and O–H groups in total. The van der Waals surface area contributed by atoms with Gasteiger partial charge in [-0.3, -0.25) is 9.36 Å². The summed E-state index contributed by atoms with van der Waals surface area (Å²) < 4.78 is 13.1. The number of methoxy groups -OCH3 is 1. The molecule has 0 unspecified atom stereocenters. The Hall–Kier alpha value is -3.26. The predicted octanol–water partition coefficient (Wildman–Crippen LogP) is 4.65. The van der Waals surface area contributed by atoms with Crippen molar-refractivity contribution in [3.8, 4) is 11.5 Å². The first-order chi connectivity index (χ1) is 15.5. The molecule has 32 heavy (non-hydrogen) atoms. The van der Waals surface area contributed by atoms with E-state index in [0.29, 0.717) is 29.0 Å². The molecule has 7 nitrogen and oxygen atoms in total. The van der Waals surface area contributed by atoms with E-state index < -0.39 is 0 Å². The number of rotatable bonds is 11. The van der Waals surface area contributed by atoms with Crippen LogP contribution in [0.5, 0.6) is 11.5 Å². The van der Waals surface area contributed by atoms with Gasteiger partial charge >= 0.3 is 0 Å². The van der Waals surface area contributed by atoms with Gasteiger partial charge < -0.3 is 14.8 Å². The van der Waals surface area contributed by atoms with E-state index in [-0.39, 0.29) is 18.3 Å². The maximum absolute atomic E-state index is 12.5. The van der Waals surface area contributed by atoms with Crippen molar-refractivity contribution in [2.24, 2.45) is 0 Å². The van der Waals surface area contributed by atoms with Crippen LogP contribution in [0.3, 0.4) is 0 Å². The molecule has 1 heterocycles. The third-order valence-electron chi connectivity index (χ3n) is 4.77. The lowest BCUT2D eigenvalue weighted by atomic mass is 10.2. The minimum atomic E-state index is -0.152. The van der Waals surface area contributed by atoms with Crippen molar-refractivity contribution in [2.45, 2.75) is 38.6 Å². The summed E-state index contributed by atoms with van der Waals surface area (Å²) in [5.41, 5.74) is 2.94. The fourth-order valence-corrected chi connectivity index (χ4v) is 3.82. The van der Waals surface area contributed by atoms with E-state index in [1.165, 1.54) is 17.3 Å². The van der Waals surface area contributed by atoms with Gasteiger partial charge in [0.15, 0.2) is 11.0 Å². The first kappa shape index (κ1) is 23.4. The van der Waals surface area contributed by atoms with Crippen LogP contribution in [0.1, 0.15) is 23.9 Å². The predicted molar refractivity (Wildman–Crippen MR) is 127 cm³/mol. The Labute approximate surface area is 192 Å². The van der Waals surface area contributed by atoms with Gasteiger partial charge in [0, 0.05) is 6.54 Å². The topological polar surface area (TPSA) is 78.3 Å². The number of nitrogens with zero attached hydrogens (tertiary/aromatic N) is 3. The molecule has 2 aromatic carbocycles. The summed E-state index contributed by atoms with van der Waals surface area (Å²) in [6.45, 7) is 8.69. The summed E-state index contributed by atoms with van der Waals surface area (Å²) >= 11 is 1.31. The van der Waals surface area contributed by atoms with Crippen molar-refractivity contribution in [1.29, 1.82) is 0 Å². The Balaban J connectivity index is 1.62. The zero-order valence-corrected chi connectivity index (χ0v) is 19.4. The standard InChI is InChI=1S/C24H28N4O3S/c1-5-13-28-22(15-31-19-10-8-18(6-2)9-11-19)26-27-24(28)32-16-23(29)25-20-14-17(3)7-12-21(20)30-4/h5,7-12,14H,1,6,13,15-16H2,2-4H3,(H,25,29). The monoisotopic (exact) mass is 452 g/mol. The SMILES string of the molecule is C=CCn1c(COc2ccc(CC)cc2)nnc1SCC(=O)Nc1cc(C)ccc1OC. The molecule has 0 saturated carbocycles. The zero-order valence-electron chi connectivity index (χ0n) is 18.6. The Bertz CT molecular complexity index is 1060. The van der Waals surface area contributed by atoms with Gasteiger partial charge in [-0.15, -0.1) is 16.8 Å². The van der Waals surface area contributed by atoms with Gasteiger partial charge in [-0.2, -0.15) is 0 Å². The van der Waals surface area contributed by atoms with E-state index in [9.17, 15) is 4.79 Å². The Morgan fingerprint density at radius 1 is 1.22 bits per heavy atom. The molecule has 0 aliphatic carbocycles. The summed E-state index contributed by atoms with van der Waals surface area (Å²) in [5, 5.41) is 12.0. The number of hydrogen-bond donors (Lipinski definition) is 1. The average molecular weight is 453 g/mol. The third kappa shape index (κ3) is 6.13. The number of amides is 1. The molecule has 0 atom stereocenters. The molecule has 3 rings (SSSR count). The lowest BCUT2D eigenvalue weighted by Crippen LogP contribution is -2.15. The minimum absolute atomic E-state index is 0.152. The van der Waals surface area contributed by atoms with Crippen LogP contribution in [-0.2, 0) is 24.4 Å². The molecule has 0 radical (unpaired) electrons. The van der Waals surface area contributed by atoms with Crippen molar-refractivity contribution >= 4 is 23.4 Å². The average Bonchev–Trinajstić information content (AvgIpc) is 3.18. The van der Waals surface area contributed by atoms with Gasteiger partial charge in [-0.1, -0.05) is 43.0 Å². The summed E-state index contributed by atoms with van der Waals surface area (Å²) in [4.78, 5) is 12.5. The first-order valence-electron chi connectivity index (χ1n) is 10.4. The minimum Gasteiger partial charge on any atom is -0.495 e. The highest BCUT2D eigenvalue weighted by molar-refractivity contribution is 7.99. The van der Waals surface area contributed by atoms with Crippen molar-refractivity contribution in [1.82, 2.24) is 14.8 Å². The van der Waals surface area contributed by atoms with E-state index in [4.69, 9.17) is 9.47 Å². The maximum atomic E-state index is 12.5. The molecule has 1 amide bonds. The molecule has 3 aromatic rings. The molecule has 168 valence electrons. The van der Waals surface area contributed by atoms with E-state index in [1.54, 1.807) is 13.2 Å². The first-order valence-corrected chi connectivity index (χ1v) is 11.3. The molecule has 0 aliphatic heterocycles. The highest BCUT2D eigenvalue weighted by atomic mass is 32.2. The number of anilines is 1. The van der Waals surface area contributed by atoms with Gasteiger partial charge in [0.25, 0.3) is 0 Å². The molecular formula is C24H28N4O3S. The summed E-state index contributed by atoms with van der Waals surface area (Å²) in [7, 11) is 1.58.